The Morgan fingerprint density at radius 3 is 2.70 bits per heavy atom. The first-order valence-corrected chi connectivity index (χ1v) is 16.1. The molecule has 2 saturated heterocycles. The topological polar surface area (TPSA) is 128 Å². The molecule has 4 amide bonds. The molecular formula is C27H34ClN5O5S2. The smallest absolute Gasteiger partial charge is 0.319 e. The second-order valence-corrected chi connectivity index (χ2v) is 13.2. The second-order valence-electron chi connectivity index (χ2n) is 9.83. The molecule has 2 fully saturated rings. The fourth-order valence-corrected chi connectivity index (χ4v) is 6.97. The summed E-state index contributed by atoms with van der Waals surface area (Å²) in [5, 5.41) is 6.70. The molecule has 2 aliphatic heterocycles. The predicted octanol–water partition coefficient (Wildman–Crippen LogP) is 3.66. The molecule has 0 saturated carbocycles. The highest BCUT2D eigenvalue weighted by molar-refractivity contribution is 7.92. The Labute approximate surface area is 243 Å². The average molecular weight is 608 g/mol. The molecule has 1 aromatic heterocycles. The molecule has 0 spiro atoms. The van der Waals surface area contributed by atoms with Crippen LogP contribution in [0.25, 0.3) is 6.08 Å². The number of amides is 4. The van der Waals surface area contributed by atoms with E-state index in [1.54, 1.807) is 17.0 Å². The van der Waals surface area contributed by atoms with Crippen LogP contribution in [0.5, 0.6) is 0 Å². The summed E-state index contributed by atoms with van der Waals surface area (Å²) in [7, 11) is -3.88. The minimum Gasteiger partial charge on any atom is -0.336 e. The summed E-state index contributed by atoms with van der Waals surface area (Å²) in [6.07, 6.45) is 4.77. The van der Waals surface area contributed by atoms with Crippen molar-refractivity contribution in [2.24, 2.45) is 0 Å². The van der Waals surface area contributed by atoms with Crippen molar-refractivity contribution in [3.05, 3.63) is 56.6 Å². The van der Waals surface area contributed by atoms with Crippen LogP contribution in [-0.4, -0.2) is 74.3 Å². The summed E-state index contributed by atoms with van der Waals surface area (Å²) < 4.78 is 28.1. The lowest BCUT2D eigenvalue weighted by atomic mass is 10.1. The lowest BCUT2D eigenvalue weighted by Gasteiger charge is -2.34. The van der Waals surface area contributed by atoms with Gasteiger partial charge < -0.3 is 20.4 Å². The van der Waals surface area contributed by atoms with Crippen molar-refractivity contribution in [3.8, 4) is 0 Å². The van der Waals surface area contributed by atoms with Crippen molar-refractivity contribution in [2.45, 2.75) is 51.1 Å². The van der Waals surface area contributed by atoms with Crippen LogP contribution in [0.4, 0.5) is 10.5 Å². The van der Waals surface area contributed by atoms with E-state index >= 15 is 0 Å². The highest BCUT2D eigenvalue weighted by Gasteiger charge is 2.35. The van der Waals surface area contributed by atoms with Crippen LogP contribution in [0.1, 0.15) is 43.0 Å². The largest absolute Gasteiger partial charge is 0.336 e. The monoisotopic (exact) mass is 607 g/mol. The molecule has 2 atom stereocenters. The highest BCUT2D eigenvalue weighted by atomic mass is 35.5. The van der Waals surface area contributed by atoms with Gasteiger partial charge in [0.1, 0.15) is 6.04 Å². The zero-order chi connectivity index (χ0) is 28.7. The van der Waals surface area contributed by atoms with Gasteiger partial charge in [-0.25, -0.2) is 13.2 Å². The fourth-order valence-electron chi connectivity index (χ4n) is 4.90. The number of thiophene rings is 1. The number of sulfonamides is 1. The minimum atomic E-state index is -3.88. The first-order valence-electron chi connectivity index (χ1n) is 13.3. The van der Waals surface area contributed by atoms with Gasteiger partial charge in [0.25, 0.3) is 0 Å². The van der Waals surface area contributed by atoms with E-state index in [1.807, 2.05) is 31.2 Å². The summed E-state index contributed by atoms with van der Waals surface area (Å²) in [5.74, 6) is -0.634. The Balaban J connectivity index is 1.28. The van der Waals surface area contributed by atoms with Crippen LogP contribution >= 0.6 is 22.9 Å². The molecule has 40 heavy (non-hydrogen) atoms. The van der Waals surface area contributed by atoms with Crippen molar-refractivity contribution in [1.29, 1.82) is 0 Å². The summed E-state index contributed by atoms with van der Waals surface area (Å²) in [5.41, 5.74) is 1.82. The van der Waals surface area contributed by atoms with Crippen LogP contribution < -0.4 is 15.4 Å². The first-order chi connectivity index (χ1) is 19.1. The van der Waals surface area contributed by atoms with Gasteiger partial charge in [-0.15, -0.1) is 11.3 Å². The number of carbonyl (C=O) groups is 3. The van der Waals surface area contributed by atoms with Gasteiger partial charge in [-0.3, -0.25) is 9.59 Å². The van der Waals surface area contributed by atoms with Crippen LogP contribution in [0, 0.1) is 0 Å². The van der Waals surface area contributed by atoms with Gasteiger partial charge >= 0.3 is 6.03 Å². The molecule has 0 bridgehead atoms. The Morgan fingerprint density at radius 2 is 1.95 bits per heavy atom. The molecule has 1 aromatic carbocycles. The van der Waals surface area contributed by atoms with E-state index in [0.29, 0.717) is 47.4 Å². The normalized spacial score (nSPS) is 19.8. The number of rotatable bonds is 10. The Bertz CT molecular complexity index is 1360. The minimum absolute atomic E-state index is 0.132. The highest BCUT2D eigenvalue weighted by Crippen LogP contribution is 2.23. The average Bonchev–Trinajstić information content (AvgIpc) is 3.57. The molecule has 4 rings (SSSR count). The van der Waals surface area contributed by atoms with Gasteiger partial charge in [0.15, 0.2) is 0 Å². The van der Waals surface area contributed by atoms with Crippen LogP contribution in [0.3, 0.4) is 0 Å². The van der Waals surface area contributed by atoms with Gasteiger partial charge in [0.05, 0.1) is 10.9 Å². The number of hydrogen-bond acceptors (Lipinski definition) is 6. The number of piperidine rings is 1. The number of likely N-dealkylation sites (tertiary alicyclic amines) is 2. The molecular weight excluding hydrogens is 574 g/mol. The zero-order valence-electron chi connectivity index (χ0n) is 22.3. The van der Waals surface area contributed by atoms with Crippen molar-refractivity contribution in [2.75, 3.05) is 31.5 Å². The second kappa shape index (κ2) is 13.6. The van der Waals surface area contributed by atoms with Crippen LogP contribution in [0.2, 0.25) is 4.34 Å². The third-order valence-corrected chi connectivity index (χ3v) is 9.26. The van der Waals surface area contributed by atoms with E-state index in [-0.39, 0.29) is 24.5 Å². The molecule has 2 aromatic rings. The maximum absolute atomic E-state index is 13.2. The number of carbonyl (C=O) groups excluding carboxylic acids is 3. The van der Waals surface area contributed by atoms with Gasteiger partial charge in [-0.2, -0.15) is 4.72 Å². The predicted molar refractivity (Wildman–Crippen MR) is 158 cm³/mol. The molecule has 3 heterocycles. The van der Waals surface area contributed by atoms with E-state index in [1.165, 1.54) is 22.3 Å². The number of urea groups is 1. The number of benzene rings is 1. The standard InChI is InChI=1S/C27H34ClN5O5S2/c1-2-19-6-3-7-20(16-19)30-27(36)29-17-21-8-4-14-33(21)25(34)18-32-13-5-9-23(26(32)35)31-40(37,38)15-12-22-10-11-24(28)39-22/h3,6-7,10-12,15-16,21,23,31H,2,4-5,8-9,13-14,17-18H2,1H3,(H2,29,30,36)/b15-12+. The molecule has 10 nitrogen and oxygen atoms in total. The maximum atomic E-state index is 13.2. The van der Waals surface area contributed by atoms with Crippen molar-refractivity contribution in [3.63, 3.8) is 0 Å². The van der Waals surface area contributed by atoms with E-state index in [2.05, 4.69) is 15.4 Å². The SMILES string of the molecule is CCc1cccc(NC(=O)NCC2CCCN2C(=O)CN2CCCC(NS(=O)(=O)/C=C/c3ccc(Cl)s3)C2=O)c1. The summed E-state index contributed by atoms with van der Waals surface area (Å²) >= 11 is 7.13. The van der Waals surface area contributed by atoms with Gasteiger partial charge in [-0.05, 0) is 68.0 Å². The lowest BCUT2D eigenvalue weighted by Crippen LogP contribution is -2.55. The first kappa shape index (κ1) is 30.0. The van der Waals surface area contributed by atoms with Crippen molar-refractivity contribution in [1.82, 2.24) is 19.8 Å². The molecule has 2 unspecified atom stereocenters. The lowest BCUT2D eigenvalue weighted by molar-refractivity contribution is -0.143. The fraction of sp³-hybridized carbons (Fsp3) is 0.444. The molecule has 3 N–H and O–H groups in total. The summed E-state index contributed by atoms with van der Waals surface area (Å²) in [6, 6.07) is 9.55. The van der Waals surface area contributed by atoms with Crippen molar-refractivity contribution >= 4 is 62.6 Å². The van der Waals surface area contributed by atoms with Gasteiger partial charge in [0.2, 0.25) is 21.8 Å². The maximum Gasteiger partial charge on any atom is 0.319 e. The van der Waals surface area contributed by atoms with Crippen LogP contribution in [-0.2, 0) is 26.0 Å². The van der Waals surface area contributed by atoms with E-state index in [4.69, 9.17) is 11.6 Å². The van der Waals surface area contributed by atoms with Crippen molar-refractivity contribution < 1.29 is 22.8 Å². The van der Waals surface area contributed by atoms with Gasteiger partial charge in [-0.1, -0.05) is 30.7 Å². The molecule has 13 heteroatoms. The molecule has 0 radical (unpaired) electrons. The third-order valence-electron chi connectivity index (χ3n) is 6.96. The number of halogens is 1. The van der Waals surface area contributed by atoms with E-state index in [9.17, 15) is 22.8 Å². The Morgan fingerprint density at radius 1 is 1.15 bits per heavy atom. The number of nitrogens with zero attached hydrogens (tertiary/aromatic N) is 2. The third kappa shape index (κ3) is 8.29. The number of hydrogen-bond donors (Lipinski definition) is 3. The Kier molecular flexibility index (Phi) is 10.2. The molecule has 2 aliphatic rings. The summed E-state index contributed by atoms with van der Waals surface area (Å²) in [6.45, 7) is 3.13. The summed E-state index contributed by atoms with van der Waals surface area (Å²) in [4.78, 5) is 42.5. The van der Waals surface area contributed by atoms with Gasteiger partial charge in [0, 0.05) is 41.6 Å². The Hall–Kier alpha value is -2.93. The quantitative estimate of drug-likeness (QED) is 0.380. The van der Waals surface area contributed by atoms with E-state index < -0.39 is 22.0 Å². The zero-order valence-corrected chi connectivity index (χ0v) is 24.7. The molecule has 0 aliphatic carbocycles. The van der Waals surface area contributed by atoms with Crippen LogP contribution in [0.15, 0.2) is 41.8 Å². The number of aryl methyl sites for hydroxylation is 1. The van der Waals surface area contributed by atoms with E-state index in [0.717, 1.165) is 30.2 Å². The number of nitrogens with one attached hydrogen (secondary N) is 3. The number of anilines is 1. The molecule has 216 valence electrons.